The van der Waals surface area contributed by atoms with E-state index in [2.05, 4.69) is 0 Å². The first-order chi connectivity index (χ1) is 7.86. The summed E-state index contributed by atoms with van der Waals surface area (Å²) in [6.07, 6.45) is -0.146. The second kappa shape index (κ2) is 3.78. The van der Waals surface area contributed by atoms with E-state index >= 15 is 0 Å². The van der Waals surface area contributed by atoms with E-state index < -0.39 is 7.12 Å². The van der Waals surface area contributed by atoms with Gasteiger partial charge in [0.1, 0.15) is 0 Å². The van der Waals surface area contributed by atoms with E-state index in [0.717, 1.165) is 16.6 Å². The highest BCUT2D eigenvalue weighted by atomic mass is 16.5. The first kappa shape index (κ1) is 9.64. The van der Waals surface area contributed by atoms with E-state index in [1.165, 1.54) is 0 Å². The second-order valence-corrected chi connectivity index (χ2v) is 3.91. The minimum Gasteiger partial charge on any atom is -0.423 e. The van der Waals surface area contributed by atoms with Gasteiger partial charge in [0.25, 0.3) is 0 Å². The van der Waals surface area contributed by atoms with Crippen LogP contribution in [-0.4, -0.2) is 12.1 Å². The van der Waals surface area contributed by atoms with Gasteiger partial charge in [-0.05, 0) is 16.6 Å². The number of benzene rings is 2. The predicted molar refractivity (Wildman–Crippen MR) is 63.4 cm³/mol. The van der Waals surface area contributed by atoms with Crippen LogP contribution in [0.15, 0.2) is 54.6 Å². The molecule has 3 heteroatoms. The summed E-state index contributed by atoms with van der Waals surface area (Å²) in [7, 11) is -0.804. The molecule has 78 valence electrons. The molecule has 1 atom stereocenters. The van der Waals surface area contributed by atoms with Crippen molar-refractivity contribution < 1.29 is 9.68 Å². The van der Waals surface area contributed by atoms with Gasteiger partial charge in [0.2, 0.25) is 0 Å². The molecule has 0 saturated heterocycles. The molecule has 2 nitrogen and oxygen atoms in total. The van der Waals surface area contributed by atoms with Crippen LogP contribution >= 0.6 is 0 Å². The summed E-state index contributed by atoms with van der Waals surface area (Å²) in [5, 5.41) is 9.79. The quantitative estimate of drug-likeness (QED) is 0.722. The third-order valence-electron chi connectivity index (χ3n) is 2.91. The van der Waals surface area contributed by atoms with Gasteiger partial charge >= 0.3 is 7.12 Å². The fourth-order valence-corrected chi connectivity index (χ4v) is 2.14. The standard InChI is InChI=1S/C13H11BO2/c15-14-12-9-5-4-8-11(12)13(16-14)10-6-2-1-3-7-10/h1-9,13,15H. The van der Waals surface area contributed by atoms with E-state index in [0.29, 0.717) is 0 Å². The highest BCUT2D eigenvalue weighted by Gasteiger charge is 2.35. The van der Waals surface area contributed by atoms with Gasteiger partial charge in [0, 0.05) is 0 Å². The average molecular weight is 210 g/mol. The van der Waals surface area contributed by atoms with Crippen molar-refractivity contribution in [1.82, 2.24) is 0 Å². The monoisotopic (exact) mass is 210 g/mol. The molecular formula is C13H11BO2. The van der Waals surface area contributed by atoms with Crippen LogP contribution in [0.4, 0.5) is 0 Å². The molecule has 0 spiro atoms. The van der Waals surface area contributed by atoms with Crippen molar-refractivity contribution in [3.63, 3.8) is 0 Å². The summed E-state index contributed by atoms with van der Waals surface area (Å²) in [5.41, 5.74) is 3.00. The number of rotatable bonds is 1. The summed E-state index contributed by atoms with van der Waals surface area (Å²) in [6, 6.07) is 17.7. The molecule has 0 amide bonds. The molecular weight excluding hydrogens is 199 g/mol. The summed E-state index contributed by atoms with van der Waals surface area (Å²) in [4.78, 5) is 0. The van der Waals surface area contributed by atoms with Crippen molar-refractivity contribution in [1.29, 1.82) is 0 Å². The summed E-state index contributed by atoms with van der Waals surface area (Å²) in [5.74, 6) is 0. The zero-order chi connectivity index (χ0) is 11.0. The predicted octanol–water partition coefficient (Wildman–Crippen LogP) is 1.49. The van der Waals surface area contributed by atoms with Crippen molar-refractivity contribution in [2.75, 3.05) is 0 Å². The molecule has 0 bridgehead atoms. The average Bonchev–Trinajstić information content (AvgIpc) is 2.69. The third kappa shape index (κ3) is 1.45. The topological polar surface area (TPSA) is 29.5 Å². The highest BCUT2D eigenvalue weighted by molar-refractivity contribution is 6.61. The van der Waals surface area contributed by atoms with Gasteiger partial charge in [-0.25, -0.2) is 0 Å². The van der Waals surface area contributed by atoms with Crippen LogP contribution in [0.1, 0.15) is 17.2 Å². The maximum atomic E-state index is 9.79. The summed E-state index contributed by atoms with van der Waals surface area (Å²) < 4.78 is 5.57. The Balaban J connectivity index is 2.07. The normalized spacial score (nSPS) is 18.6. The van der Waals surface area contributed by atoms with Crippen LogP contribution in [0.2, 0.25) is 0 Å². The van der Waals surface area contributed by atoms with Gasteiger partial charge in [-0.15, -0.1) is 0 Å². The molecule has 2 aromatic carbocycles. The molecule has 0 aliphatic carbocycles. The zero-order valence-electron chi connectivity index (χ0n) is 8.71. The molecule has 1 N–H and O–H groups in total. The fourth-order valence-electron chi connectivity index (χ4n) is 2.14. The van der Waals surface area contributed by atoms with Crippen molar-refractivity contribution in [2.45, 2.75) is 6.10 Å². The minimum atomic E-state index is -0.804. The molecule has 0 radical (unpaired) electrons. The van der Waals surface area contributed by atoms with Crippen LogP contribution in [0.5, 0.6) is 0 Å². The molecule has 16 heavy (non-hydrogen) atoms. The van der Waals surface area contributed by atoms with E-state index in [-0.39, 0.29) is 6.10 Å². The summed E-state index contributed by atoms with van der Waals surface area (Å²) >= 11 is 0. The maximum absolute atomic E-state index is 9.79. The molecule has 3 rings (SSSR count). The lowest BCUT2D eigenvalue weighted by Gasteiger charge is -2.12. The molecule has 0 aromatic heterocycles. The van der Waals surface area contributed by atoms with Crippen LogP contribution < -0.4 is 5.46 Å². The first-order valence-electron chi connectivity index (χ1n) is 5.33. The van der Waals surface area contributed by atoms with Gasteiger partial charge < -0.3 is 9.68 Å². The highest BCUT2D eigenvalue weighted by Crippen LogP contribution is 2.29. The second-order valence-electron chi connectivity index (χ2n) is 3.91. The van der Waals surface area contributed by atoms with E-state index in [1.807, 2.05) is 54.6 Å². The molecule has 1 aliphatic heterocycles. The van der Waals surface area contributed by atoms with Gasteiger partial charge in [0.15, 0.2) is 0 Å². The Labute approximate surface area is 94.6 Å². The van der Waals surface area contributed by atoms with Crippen LogP contribution in [0.3, 0.4) is 0 Å². The van der Waals surface area contributed by atoms with E-state index in [4.69, 9.17) is 4.65 Å². The van der Waals surface area contributed by atoms with Gasteiger partial charge in [-0.3, -0.25) is 0 Å². The fraction of sp³-hybridized carbons (Fsp3) is 0.0769. The Morgan fingerprint density at radius 1 is 0.938 bits per heavy atom. The Bertz CT molecular complexity index is 498. The van der Waals surface area contributed by atoms with Crippen molar-refractivity contribution >= 4 is 12.6 Å². The van der Waals surface area contributed by atoms with Crippen molar-refractivity contribution in [3.05, 3.63) is 65.7 Å². The largest absolute Gasteiger partial charge is 0.492 e. The maximum Gasteiger partial charge on any atom is 0.492 e. The van der Waals surface area contributed by atoms with Crippen LogP contribution in [0.25, 0.3) is 0 Å². The van der Waals surface area contributed by atoms with E-state index in [1.54, 1.807) is 0 Å². The molecule has 0 saturated carbocycles. The molecule has 0 fully saturated rings. The Morgan fingerprint density at radius 2 is 1.62 bits per heavy atom. The van der Waals surface area contributed by atoms with Gasteiger partial charge in [-0.1, -0.05) is 54.6 Å². The lowest BCUT2D eigenvalue weighted by atomic mass is 9.79. The van der Waals surface area contributed by atoms with E-state index in [9.17, 15) is 5.02 Å². The zero-order valence-corrected chi connectivity index (χ0v) is 8.71. The Hall–Kier alpha value is -1.58. The number of fused-ring (bicyclic) bond motifs is 1. The van der Waals surface area contributed by atoms with Crippen LogP contribution in [-0.2, 0) is 4.65 Å². The van der Waals surface area contributed by atoms with Gasteiger partial charge in [0.05, 0.1) is 6.10 Å². The molecule has 1 aliphatic rings. The smallest absolute Gasteiger partial charge is 0.423 e. The molecule has 1 unspecified atom stereocenters. The Kier molecular flexibility index (Phi) is 2.27. The lowest BCUT2D eigenvalue weighted by molar-refractivity contribution is 0.226. The van der Waals surface area contributed by atoms with Gasteiger partial charge in [-0.2, -0.15) is 0 Å². The molecule has 2 aromatic rings. The minimum absolute atomic E-state index is 0.146. The lowest BCUT2D eigenvalue weighted by Crippen LogP contribution is -2.27. The van der Waals surface area contributed by atoms with Crippen molar-refractivity contribution in [3.8, 4) is 0 Å². The SMILES string of the molecule is OB1OC(c2ccccc2)c2ccccc21. The third-order valence-corrected chi connectivity index (χ3v) is 2.91. The first-order valence-corrected chi connectivity index (χ1v) is 5.33. The summed E-state index contributed by atoms with van der Waals surface area (Å²) in [6.45, 7) is 0. The number of hydrogen-bond acceptors (Lipinski definition) is 2. The number of hydrogen-bond donors (Lipinski definition) is 1. The van der Waals surface area contributed by atoms with Crippen LogP contribution in [0, 0.1) is 0 Å². The molecule has 1 heterocycles. The Morgan fingerprint density at radius 3 is 2.44 bits per heavy atom. The van der Waals surface area contributed by atoms with Crippen molar-refractivity contribution in [2.24, 2.45) is 0 Å².